The molecule has 1 atom stereocenters. The number of hydrogen-bond acceptors (Lipinski definition) is 4. The Morgan fingerprint density at radius 1 is 1.45 bits per heavy atom. The van der Waals surface area contributed by atoms with Crippen molar-refractivity contribution >= 4 is 17.2 Å². The molecule has 0 saturated carbocycles. The van der Waals surface area contributed by atoms with E-state index < -0.39 is 0 Å². The molecule has 1 amide bonds. The molecular weight excluding hydrogens is 294 g/mol. The van der Waals surface area contributed by atoms with Gasteiger partial charge in [0.1, 0.15) is 4.88 Å². The zero-order valence-electron chi connectivity index (χ0n) is 14.3. The molecule has 1 aliphatic heterocycles. The number of piperidine rings is 1. The van der Waals surface area contributed by atoms with Gasteiger partial charge in [0.05, 0.1) is 10.7 Å². The SMILES string of the molecule is Cc1nc(CC(C)C)sc1C(=O)NCCN1CCCCC1C. The Hall–Kier alpha value is -0.940. The highest BCUT2D eigenvalue weighted by molar-refractivity contribution is 7.13. The van der Waals surface area contributed by atoms with Crippen LogP contribution in [-0.4, -0.2) is 41.5 Å². The molecule has 0 spiro atoms. The zero-order valence-corrected chi connectivity index (χ0v) is 15.1. The molecule has 1 fully saturated rings. The fraction of sp³-hybridized carbons (Fsp3) is 0.765. The van der Waals surface area contributed by atoms with Gasteiger partial charge in [-0.15, -0.1) is 11.3 Å². The number of aryl methyl sites for hydroxylation is 1. The lowest BCUT2D eigenvalue weighted by molar-refractivity contribution is 0.0941. The van der Waals surface area contributed by atoms with E-state index in [0.29, 0.717) is 12.0 Å². The Morgan fingerprint density at radius 3 is 2.91 bits per heavy atom. The normalized spacial score (nSPS) is 19.6. The van der Waals surface area contributed by atoms with Crippen LogP contribution in [0.5, 0.6) is 0 Å². The van der Waals surface area contributed by atoms with E-state index >= 15 is 0 Å². The molecule has 0 aromatic carbocycles. The van der Waals surface area contributed by atoms with Crippen LogP contribution in [0.1, 0.15) is 60.4 Å². The van der Waals surface area contributed by atoms with Crippen molar-refractivity contribution in [3.63, 3.8) is 0 Å². The molecule has 0 aliphatic carbocycles. The van der Waals surface area contributed by atoms with Crippen molar-refractivity contribution in [2.45, 2.75) is 59.4 Å². The maximum Gasteiger partial charge on any atom is 0.263 e. The zero-order chi connectivity index (χ0) is 16.1. The molecule has 0 bridgehead atoms. The van der Waals surface area contributed by atoms with Gasteiger partial charge < -0.3 is 5.32 Å². The lowest BCUT2D eigenvalue weighted by Crippen LogP contribution is -2.42. The van der Waals surface area contributed by atoms with Crippen LogP contribution in [0, 0.1) is 12.8 Å². The number of carbonyl (C=O) groups is 1. The number of rotatable bonds is 6. The summed E-state index contributed by atoms with van der Waals surface area (Å²) in [6.07, 6.45) is 4.85. The third-order valence-electron chi connectivity index (χ3n) is 4.26. The monoisotopic (exact) mass is 323 g/mol. The van der Waals surface area contributed by atoms with Gasteiger partial charge in [-0.25, -0.2) is 4.98 Å². The van der Waals surface area contributed by atoms with Gasteiger partial charge >= 0.3 is 0 Å². The Morgan fingerprint density at radius 2 is 2.23 bits per heavy atom. The maximum atomic E-state index is 12.3. The lowest BCUT2D eigenvalue weighted by Gasteiger charge is -2.33. The van der Waals surface area contributed by atoms with Crippen LogP contribution < -0.4 is 5.32 Å². The van der Waals surface area contributed by atoms with Crippen LogP contribution in [0.2, 0.25) is 0 Å². The number of hydrogen-bond donors (Lipinski definition) is 1. The average molecular weight is 324 g/mol. The van der Waals surface area contributed by atoms with Crippen molar-refractivity contribution in [3.05, 3.63) is 15.6 Å². The van der Waals surface area contributed by atoms with Crippen molar-refractivity contribution in [1.82, 2.24) is 15.2 Å². The van der Waals surface area contributed by atoms with E-state index in [2.05, 4.69) is 36.0 Å². The number of aromatic nitrogens is 1. The van der Waals surface area contributed by atoms with Crippen molar-refractivity contribution in [3.8, 4) is 0 Å². The number of carbonyl (C=O) groups excluding carboxylic acids is 1. The summed E-state index contributed by atoms with van der Waals surface area (Å²) in [6, 6.07) is 0.647. The molecule has 5 heteroatoms. The Bertz CT molecular complexity index is 498. The number of nitrogens with zero attached hydrogens (tertiary/aromatic N) is 2. The predicted molar refractivity (Wildman–Crippen MR) is 92.6 cm³/mol. The number of likely N-dealkylation sites (tertiary alicyclic amines) is 1. The van der Waals surface area contributed by atoms with Gasteiger partial charge in [-0.1, -0.05) is 20.3 Å². The molecule has 1 unspecified atom stereocenters. The molecule has 1 aromatic rings. The van der Waals surface area contributed by atoms with Crippen LogP contribution in [-0.2, 0) is 6.42 Å². The molecule has 1 saturated heterocycles. The molecule has 1 N–H and O–H groups in total. The number of amides is 1. The van der Waals surface area contributed by atoms with Crippen molar-refractivity contribution in [2.24, 2.45) is 5.92 Å². The quantitative estimate of drug-likeness (QED) is 0.874. The Balaban J connectivity index is 1.83. The van der Waals surface area contributed by atoms with Crippen LogP contribution in [0.3, 0.4) is 0 Å². The van der Waals surface area contributed by atoms with Gasteiger partial charge in [0.25, 0.3) is 5.91 Å². The summed E-state index contributed by atoms with van der Waals surface area (Å²) in [5.41, 5.74) is 0.865. The van der Waals surface area contributed by atoms with Crippen LogP contribution >= 0.6 is 11.3 Å². The van der Waals surface area contributed by atoms with Gasteiger partial charge in [-0.2, -0.15) is 0 Å². The highest BCUT2D eigenvalue weighted by Gasteiger charge is 2.19. The first-order valence-corrected chi connectivity index (χ1v) is 9.27. The van der Waals surface area contributed by atoms with Gasteiger partial charge in [0.2, 0.25) is 0 Å². The highest BCUT2D eigenvalue weighted by Crippen LogP contribution is 2.20. The topological polar surface area (TPSA) is 45.2 Å². The summed E-state index contributed by atoms with van der Waals surface area (Å²) < 4.78 is 0. The average Bonchev–Trinajstić information content (AvgIpc) is 2.80. The minimum atomic E-state index is 0.0367. The van der Waals surface area contributed by atoms with Crippen LogP contribution in [0.15, 0.2) is 0 Å². The molecular formula is C17H29N3OS. The Labute approximate surface area is 138 Å². The third-order valence-corrected chi connectivity index (χ3v) is 5.43. The molecule has 2 rings (SSSR count). The fourth-order valence-electron chi connectivity index (χ4n) is 2.98. The minimum Gasteiger partial charge on any atom is -0.350 e. The summed E-state index contributed by atoms with van der Waals surface area (Å²) in [6.45, 7) is 11.4. The predicted octanol–water partition coefficient (Wildman–Crippen LogP) is 3.25. The molecule has 1 aliphatic rings. The smallest absolute Gasteiger partial charge is 0.263 e. The van der Waals surface area contributed by atoms with E-state index in [0.717, 1.165) is 41.6 Å². The largest absolute Gasteiger partial charge is 0.350 e. The lowest BCUT2D eigenvalue weighted by atomic mass is 10.0. The van der Waals surface area contributed by atoms with E-state index in [1.807, 2.05) is 6.92 Å². The summed E-state index contributed by atoms with van der Waals surface area (Å²) in [5.74, 6) is 0.608. The van der Waals surface area contributed by atoms with Crippen molar-refractivity contribution in [1.29, 1.82) is 0 Å². The molecule has 2 heterocycles. The maximum absolute atomic E-state index is 12.3. The molecule has 1 aromatic heterocycles. The molecule has 4 nitrogen and oxygen atoms in total. The van der Waals surface area contributed by atoms with Crippen LogP contribution in [0.4, 0.5) is 0 Å². The summed E-state index contributed by atoms with van der Waals surface area (Å²) in [7, 11) is 0. The first-order chi connectivity index (χ1) is 10.5. The fourth-order valence-corrected chi connectivity index (χ4v) is 4.18. The van der Waals surface area contributed by atoms with Crippen molar-refractivity contribution in [2.75, 3.05) is 19.6 Å². The van der Waals surface area contributed by atoms with E-state index in [9.17, 15) is 4.79 Å². The van der Waals surface area contributed by atoms with E-state index in [1.54, 1.807) is 11.3 Å². The van der Waals surface area contributed by atoms with Gasteiger partial charge in [0, 0.05) is 25.6 Å². The Kier molecular flexibility index (Phi) is 6.38. The summed E-state index contributed by atoms with van der Waals surface area (Å²) >= 11 is 1.55. The minimum absolute atomic E-state index is 0.0367. The number of thiazole rings is 1. The first kappa shape index (κ1) is 17.4. The van der Waals surface area contributed by atoms with Gasteiger partial charge in [-0.3, -0.25) is 9.69 Å². The van der Waals surface area contributed by atoms with Gasteiger partial charge in [-0.05, 0) is 39.2 Å². The van der Waals surface area contributed by atoms with Gasteiger partial charge in [0.15, 0.2) is 0 Å². The summed E-state index contributed by atoms with van der Waals surface area (Å²) in [5, 5.41) is 4.14. The second-order valence-corrected chi connectivity index (χ2v) is 7.84. The first-order valence-electron chi connectivity index (χ1n) is 8.46. The number of nitrogens with one attached hydrogen (secondary N) is 1. The third kappa shape index (κ3) is 4.78. The molecule has 124 valence electrons. The van der Waals surface area contributed by atoms with E-state index in [4.69, 9.17) is 0 Å². The standard InChI is InChI=1S/C17H29N3OS/c1-12(2)11-15-19-14(4)16(22-15)17(21)18-8-10-20-9-6-5-7-13(20)3/h12-13H,5-11H2,1-4H3,(H,18,21). The molecule has 0 radical (unpaired) electrons. The highest BCUT2D eigenvalue weighted by atomic mass is 32.1. The molecule has 22 heavy (non-hydrogen) atoms. The van der Waals surface area contributed by atoms with Crippen molar-refractivity contribution < 1.29 is 4.79 Å². The second kappa shape index (κ2) is 8.06. The van der Waals surface area contributed by atoms with Crippen LogP contribution in [0.25, 0.3) is 0 Å². The second-order valence-electron chi connectivity index (χ2n) is 6.76. The van der Waals surface area contributed by atoms with E-state index in [1.165, 1.54) is 19.3 Å². The van der Waals surface area contributed by atoms with E-state index in [-0.39, 0.29) is 5.91 Å². The summed E-state index contributed by atoms with van der Waals surface area (Å²) in [4.78, 5) is 20.1.